The highest BCUT2D eigenvalue weighted by Crippen LogP contribution is 2.24. The summed E-state index contributed by atoms with van der Waals surface area (Å²) < 4.78 is 5.69. The average Bonchev–Trinajstić information content (AvgIpc) is 2.54. The number of hydrogen-bond acceptors (Lipinski definition) is 3. The molecule has 0 radical (unpaired) electrons. The minimum atomic E-state index is 0.138. The van der Waals surface area contributed by atoms with Gasteiger partial charge in [0, 0.05) is 6.42 Å². The standard InChI is InChI=1S/C18H28N2O2/c1-14-5-3-4-6-17(14)22-12-11-20-18(21)13-15(2)16-7-9-19-10-8-16/h3-6,15-16,19H,7-13H2,1-2H3,(H,20,21). The third kappa shape index (κ3) is 5.34. The fraction of sp³-hybridized carbons (Fsp3) is 0.611. The molecule has 1 saturated heterocycles. The van der Waals surface area contributed by atoms with Gasteiger partial charge < -0.3 is 15.4 Å². The van der Waals surface area contributed by atoms with Gasteiger partial charge in [0.1, 0.15) is 12.4 Å². The lowest BCUT2D eigenvalue weighted by Crippen LogP contribution is -2.34. The molecular formula is C18H28N2O2. The predicted octanol–water partition coefficient (Wildman–Crippen LogP) is 2.52. The largest absolute Gasteiger partial charge is 0.491 e. The number of piperidine rings is 1. The fourth-order valence-corrected chi connectivity index (χ4v) is 3.01. The van der Waals surface area contributed by atoms with Crippen LogP contribution < -0.4 is 15.4 Å². The highest BCUT2D eigenvalue weighted by Gasteiger charge is 2.21. The van der Waals surface area contributed by atoms with E-state index in [2.05, 4.69) is 17.6 Å². The number of amides is 1. The van der Waals surface area contributed by atoms with Gasteiger partial charge in [-0.3, -0.25) is 4.79 Å². The molecule has 1 fully saturated rings. The Kier molecular flexibility index (Phi) is 6.72. The molecule has 1 atom stereocenters. The normalized spacial score (nSPS) is 17.0. The van der Waals surface area contributed by atoms with E-state index in [0.29, 0.717) is 31.4 Å². The molecular weight excluding hydrogens is 276 g/mol. The van der Waals surface area contributed by atoms with Crippen molar-refractivity contribution < 1.29 is 9.53 Å². The van der Waals surface area contributed by atoms with Gasteiger partial charge in [0.2, 0.25) is 5.91 Å². The van der Waals surface area contributed by atoms with Crippen molar-refractivity contribution in [3.8, 4) is 5.75 Å². The number of benzene rings is 1. The zero-order valence-corrected chi connectivity index (χ0v) is 13.7. The van der Waals surface area contributed by atoms with E-state index in [0.717, 1.165) is 24.4 Å². The van der Waals surface area contributed by atoms with E-state index in [1.165, 1.54) is 12.8 Å². The maximum Gasteiger partial charge on any atom is 0.220 e. The second-order valence-corrected chi connectivity index (χ2v) is 6.23. The number of para-hydroxylation sites is 1. The van der Waals surface area contributed by atoms with Crippen LogP contribution in [0.4, 0.5) is 0 Å². The first-order chi connectivity index (χ1) is 10.7. The Morgan fingerprint density at radius 3 is 2.82 bits per heavy atom. The van der Waals surface area contributed by atoms with Crippen molar-refractivity contribution in [2.24, 2.45) is 11.8 Å². The topological polar surface area (TPSA) is 50.4 Å². The van der Waals surface area contributed by atoms with Crippen LogP contribution in [0.5, 0.6) is 5.75 Å². The quantitative estimate of drug-likeness (QED) is 0.761. The molecule has 1 heterocycles. The van der Waals surface area contributed by atoms with Gasteiger partial charge >= 0.3 is 0 Å². The van der Waals surface area contributed by atoms with Gasteiger partial charge in [0.05, 0.1) is 6.54 Å². The van der Waals surface area contributed by atoms with E-state index < -0.39 is 0 Å². The third-order valence-electron chi connectivity index (χ3n) is 4.47. The predicted molar refractivity (Wildman–Crippen MR) is 89.1 cm³/mol. The summed E-state index contributed by atoms with van der Waals surface area (Å²) in [6.45, 7) is 7.46. The Labute approximate surface area is 133 Å². The van der Waals surface area contributed by atoms with E-state index >= 15 is 0 Å². The van der Waals surface area contributed by atoms with E-state index in [9.17, 15) is 4.79 Å². The molecule has 122 valence electrons. The number of ether oxygens (including phenoxy) is 1. The molecule has 1 aliphatic rings. The van der Waals surface area contributed by atoms with Gasteiger partial charge in [0.25, 0.3) is 0 Å². The average molecular weight is 304 g/mol. The summed E-state index contributed by atoms with van der Waals surface area (Å²) in [5, 5.41) is 6.33. The molecule has 2 N–H and O–H groups in total. The molecule has 1 amide bonds. The number of carbonyl (C=O) groups excluding carboxylic acids is 1. The minimum absolute atomic E-state index is 0.138. The highest BCUT2D eigenvalue weighted by atomic mass is 16.5. The van der Waals surface area contributed by atoms with Crippen LogP contribution in [0.3, 0.4) is 0 Å². The van der Waals surface area contributed by atoms with Gasteiger partial charge in [-0.2, -0.15) is 0 Å². The Hall–Kier alpha value is -1.55. The number of rotatable bonds is 7. The molecule has 0 saturated carbocycles. The first kappa shape index (κ1) is 16.8. The summed E-state index contributed by atoms with van der Waals surface area (Å²) in [5.41, 5.74) is 1.12. The van der Waals surface area contributed by atoms with Crippen LogP contribution in [0.1, 0.15) is 31.7 Å². The molecule has 4 heteroatoms. The molecule has 0 aromatic heterocycles. The Balaban J connectivity index is 1.62. The fourth-order valence-electron chi connectivity index (χ4n) is 3.01. The number of hydrogen-bond donors (Lipinski definition) is 2. The summed E-state index contributed by atoms with van der Waals surface area (Å²) in [7, 11) is 0. The van der Waals surface area contributed by atoms with Crippen LogP contribution in [0.25, 0.3) is 0 Å². The van der Waals surface area contributed by atoms with Gasteiger partial charge in [0.15, 0.2) is 0 Å². The lowest BCUT2D eigenvalue weighted by atomic mass is 9.84. The van der Waals surface area contributed by atoms with Crippen LogP contribution in [-0.2, 0) is 4.79 Å². The second kappa shape index (κ2) is 8.79. The molecule has 22 heavy (non-hydrogen) atoms. The van der Waals surface area contributed by atoms with E-state index in [-0.39, 0.29) is 5.91 Å². The van der Waals surface area contributed by atoms with E-state index in [1.807, 2.05) is 31.2 Å². The van der Waals surface area contributed by atoms with Crippen LogP contribution in [0, 0.1) is 18.8 Å². The van der Waals surface area contributed by atoms with Crippen LogP contribution in [0.2, 0.25) is 0 Å². The van der Waals surface area contributed by atoms with Crippen LogP contribution in [-0.4, -0.2) is 32.1 Å². The zero-order chi connectivity index (χ0) is 15.8. The Morgan fingerprint density at radius 2 is 2.09 bits per heavy atom. The zero-order valence-electron chi connectivity index (χ0n) is 13.7. The maximum absolute atomic E-state index is 12.0. The van der Waals surface area contributed by atoms with Gasteiger partial charge in [-0.25, -0.2) is 0 Å². The number of aryl methyl sites for hydroxylation is 1. The third-order valence-corrected chi connectivity index (χ3v) is 4.47. The molecule has 4 nitrogen and oxygen atoms in total. The summed E-state index contributed by atoms with van der Waals surface area (Å²) in [4.78, 5) is 12.0. The van der Waals surface area contributed by atoms with Crippen molar-refractivity contribution in [1.82, 2.24) is 10.6 Å². The summed E-state index contributed by atoms with van der Waals surface area (Å²) in [6, 6.07) is 7.93. The van der Waals surface area contributed by atoms with Crippen molar-refractivity contribution >= 4 is 5.91 Å². The van der Waals surface area contributed by atoms with Crippen LogP contribution >= 0.6 is 0 Å². The van der Waals surface area contributed by atoms with Crippen molar-refractivity contribution in [1.29, 1.82) is 0 Å². The molecule has 1 unspecified atom stereocenters. The molecule has 1 aliphatic heterocycles. The number of carbonyl (C=O) groups is 1. The van der Waals surface area contributed by atoms with Crippen molar-refractivity contribution in [3.05, 3.63) is 29.8 Å². The highest BCUT2D eigenvalue weighted by molar-refractivity contribution is 5.76. The Bertz CT molecular complexity index is 470. The SMILES string of the molecule is Cc1ccccc1OCCNC(=O)CC(C)C1CCNCC1. The second-order valence-electron chi connectivity index (χ2n) is 6.23. The summed E-state index contributed by atoms with van der Waals surface area (Å²) >= 11 is 0. The van der Waals surface area contributed by atoms with E-state index in [1.54, 1.807) is 0 Å². The molecule has 1 aromatic rings. The molecule has 0 spiro atoms. The lowest BCUT2D eigenvalue weighted by molar-refractivity contribution is -0.122. The smallest absolute Gasteiger partial charge is 0.220 e. The monoisotopic (exact) mass is 304 g/mol. The van der Waals surface area contributed by atoms with Crippen molar-refractivity contribution in [3.63, 3.8) is 0 Å². The van der Waals surface area contributed by atoms with Gasteiger partial charge in [-0.15, -0.1) is 0 Å². The molecule has 0 bridgehead atoms. The van der Waals surface area contributed by atoms with Crippen LogP contribution in [0.15, 0.2) is 24.3 Å². The first-order valence-electron chi connectivity index (χ1n) is 8.32. The van der Waals surface area contributed by atoms with Gasteiger partial charge in [-0.1, -0.05) is 25.1 Å². The van der Waals surface area contributed by atoms with Gasteiger partial charge in [-0.05, 0) is 56.3 Å². The lowest BCUT2D eigenvalue weighted by Gasteiger charge is -2.27. The molecule has 1 aromatic carbocycles. The minimum Gasteiger partial charge on any atom is -0.491 e. The molecule has 2 rings (SSSR count). The van der Waals surface area contributed by atoms with Crippen molar-refractivity contribution in [2.45, 2.75) is 33.1 Å². The summed E-state index contributed by atoms with van der Waals surface area (Å²) in [6.07, 6.45) is 2.99. The number of nitrogens with one attached hydrogen (secondary N) is 2. The summed E-state index contributed by atoms with van der Waals surface area (Å²) in [5.74, 6) is 2.16. The maximum atomic E-state index is 12.0. The van der Waals surface area contributed by atoms with E-state index in [4.69, 9.17) is 4.74 Å². The first-order valence-corrected chi connectivity index (χ1v) is 8.32. The van der Waals surface area contributed by atoms with Crippen molar-refractivity contribution in [2.75, 3.05) is 26.2 Å². The Morgan fingerprint density at radius 1 is 1.36 bits per heavy atom. The molecule has 0 aliphatic carbocycles.